The minimum atomic E-state index is -0.536. The van der Waals surface area contributed by atoms with Gasteiger partial charge in [-0.3, -0.25) is 0 Å². The van der Waals surface area contributed by atoms with Gasteiger partial charge in [0.05, 0.1) is 13.3 Å². The molecule has 0 aromatic carbocycles. The molecule has 0 saturated carbocycles. The van der Waals surface area contributed by atoms with E-state index >= 15 is 0 Å². The number of rotatable bonds is 3. The number of hydrogen-bond acceptors (Lipinski definition) is 6. The SMILES string of the molecule is CCC1CN(c2ncc(C(=O)OC)nc2Cl)[C@H](C)CN1. The zero-order valence-corrected chi connectivity index (χ0v) is 12.6. The largest absolute Gasteiger partial charge is 0.464 e. The smallest absolute Gasteiger partial charge is 0.358 e. The molecule has 1 aliphatic rings. The third kappa shape index (κ3) is 3.02. The highest BCUT2D eigenvalue weighted by molar-refractivity contribution is 6.31. The molecule has 0 amide bonds. The maximum Gasteiger partial charge on any atom is 0.358 e. The summed E-state index contributed by atoms with van der Waals surface area (Å²) in [7, 11) is 1.30. The van der Waals surface area contributed by atoms with Crippen molar-refractivity contribution < 1.29 is 9.53 Å². The minimum Gasteiger partial charge on any atom is -0.464 e. The molecule has 1 N–H and O–H groups in total. The molecule has 0 aliphatic carbocycles. The molecule has 1 aromatic rings. The lowest BCUT2D eigenvalue weighted by Crippen LogP contribution is -2.55. The summed E-state index contributed by atoms with van der Waals surface area (Å²) in [4.78, 5) is 21.9. The average Bonchev–Trinajstić information content (AvgIpc) is 2.47. The number of hydrogen-bond donors (Lipinski definition) is 1. The molecule has 7 heteroatoms. The number of halogens is 1. The van der Waals surface area contributed by atoms with Crippen LogP contribution >= 0.6 is 11.6 Å². The Morgan fingerprint density at radius 2 is 2.40 bits per heavy atom. The summed E-state index contributed by atoms with van der Waals surface area (Å²) in [6.45, 7) is 5.93. The van der Waals surface area contributed by atoms with Gasteiger partial charge in [-0.05, 0) is 13.3 Å². The number of ether oxygens (including phenoxy) is 1. The average molecular weight is 299 g/mol. The van der Waals surface area contributed by atoms with Crippen molar-refractivity contribution in [3.63, 3.8) is 0 Å². The molecule has 110 valence electrons. The number of aromatic nitrogens is 2. The van der Waals surface area contributed by atoms with E-state index in [9.17, 15) is 4.79 Å². The van der Waals surface area contributed by atoms with Gasteiger partial charge in [0.2, 0.25) is 0 Å². The zero-order valence-electron chi connectivity index (χ0n) is 11.9. The van der Waals surface area contributed by atoms with E-state index in [4.69, 9.17) is 11.6 Å². The molecular weight excluding hydrogens is 280 g/mol. The van der Waals surface area contributed by atoms with Crippen LogP contribution < -0.4 is 10.2 Å². The van der Waals surface area contributed by atoms with Crippen LogP contribution in [0.2, 0.25) is 5.15 Å². The van der Waals surface area contributed by atoms with Gasteiger partial charge in [-0.2, -0.15) is 0 Å². The highest BCUT2D eigenvalue weighted by atomic mass is 35.5. The monoisotopic (exact) mass is 298 g/mol. The summed E-state index contributed by atoms with van der Waals surface area (Å²) in [5.74, 6) is 0.0810. The van der Waals surface area contributed by atoms with Crippen LogP contribution in [0.4, 0.5) is 5.82 Å². The van der Waals surface area contributed by atoms with E-state index in [1.165, 1.54) is 13.3 Å². The maximum atomic E-state index is 11.4. The first kappa shape index (κ1) is 15.0. The van der Waals surface area contributed by atoms with Crippen molar-refractivity contribution in [3.8, 4) is 0 Å². The van der Waals surface area contributed by atoms with Crippen molar-refractivity contribution in [2.75, 3.05) is 25.1 Å². The number of carbonyl (C=O) groups is 1. The summed E-state index contributed by atoms with van der Waals surface area (Å²) in [6, 6.07) is 0.679. The first-order chi connectivity index (χ1) is 9.56. The van der Waals surface area contributed by atoms with Gasteiger partial charge in [-0.25, -0.2) is 14.8 Å². The van der Waals surface area contributed by atoms with E-state index in [0.717, 1.165) is 19.5 Å². The number of nitrogens with zero attached hydrogens (tertiary/aromatic N) is 3. The molecule has 2 atom stereocenters. The summed E-state index contributed by atoms with van der Waals surface area (Å²) in [5.41, 5.74) is 0.121. The van der Waals surface area contributed by atoms with E-state index in [1.54, 1.807) is 0 Å². The fourth-order valence-corrected chi connectivity index (χ4v) is 2.50. The summed E-state index contributed by atoms with van der Waals surface area (Å²) in [6.07, 6.45) is 2.44. The number of methoxy groups -OCH3 is 1. The number of nitrogens with one attached hydrogen (secondary N) is 1. The van der Waals surface area contributed by atoms with Gasteiger partial charge < -0.3 is 15.0 Å². The van der Waals surface area contributed by atoms with Gasteiger partial charge in [-0.1, -0.05) is 18.5 Å². The number of anilines is 1. The number of carbonyl (C=O) groups excluding carboxylic acids is 1. The van der Waals surface area contributed by atoms with Crippen molar-refractivity contribution in [1.82, 2.24) is 15.3 Å². The van der Waals surface area contributed by atoms with E-state index in [0.29, 0.717) is 11.9 Å². The Morgan fingerprint density at radius 3 is 3.00 bits per heavy atom. The molecule has 0 bridgehead atoms. The van der Waals surface area contributed by atoms with Gasteiger partial charge in [0.1, 0.15) is 0 Å². The molecule has 2 rings (SSSR count). The fourth-order valence-electron chi connectivity index (χ4n) is 2.25. The third-order valence-corrected chi connectivity index (χ3v) is 3.78. The van der Waals surface area contributed by atoms with Crippen LogP contribution in [0.1, 0.15) is 30.8 Å². The van der Waals surface area contributed by atoms with Crippen LogP contribution in [0.15, 0.2) is 6.20 Å². The molecule has 1 aromatic heterocycles. The second kappa shape index (κ2) is 6.37. The topological polar surface area (TPSA) is 67.4 Å². The van der Waals surface area contributed by atoms with Gasteiger partial charge in [0, 0.05) is 25.2 Å². The van der Waals surface area contributed by atoms with Crippen molar-refractivity contribution in [1.29, 1.82) is 0 Å². The molecule has 0 spiro atoms. The Hall–Kier alpha value is -1.40. The number of esters is 1. The highest BCUT2D eigenvalue weighted by Gasteiger charge is 2.27. The minimum absolute atomic E-state index is 0.121. The summed E-state index contributed by atoms with van der Waals surface area (Å²) >= 11 is 6.18. The summed E-state index contributed by atoms with van der Waals surface area (Å²) in [5, 5.41) is 3.70. The van der Waals surface area contributed by atoms with Crippen LogP contribution in [0.25, 0.3) is 0 Å². The van der Waals surface area contributed by atoms with E-state index in [1.807, 2.05) is 0 Å². The normalized spacial score (nSPS) is 22.7. The van der Waals surface area contributed by atoms with E-state index in [-0.39, 0.29) is 16.9 Å². The van der Waals surface area contributed by atoms with E-state index < -0.39 is 5.97 Å². The summed E-state index contributed by atoms with van der Waals surface area (Å²) < 4.78 is 4.61. The molecule has 1 fully saturated rings. The molecule has 2 heterocycles. The van der Waals surface area contributed by atoms with E-state index in [2.05, 4.69) is 38.8 Å². The lowest BCUT2D eigenvalue weighted by atomic mass is 10.1. The first-order valence-electron chi connectivity index (χ1n) is 6.67. The fraction of sp³-hybridized carbons (Fsp3) is 0.615. The van der Waals surface area contributed by atoms with Crippen LogP contribution in [0.5, 0.6) is 0 Å². The highest BCUT2D eigenvalue weighted by Crippen LogP contribution is 2.25. The quantitative estimate of drug-likeness (QED) is 0.853. The lowest BCUT2D eigenvalue weighted by Gasteiger charge is -2.39. The van der Waals surface area contributed by atoms with Crippen LogP contribution in [0.3, 0.4) is 0 Å². The molecule has 6 nitrogen and oxygen atoms in total. The second-order valence-corrected chi connectivity index (χ2v) is 5.23. The third-order valence-electron chi connectivity index (χ3n) is 3.52. The Labute approximate surface area is 123 Å². The lowest BCUT2D eigenvalue weighted by molar-refractivity contribution is 0.0593. The Balaban J connectivity index is 2.25. The van der Waals surface area contributed by atoms with Crippen LogP contribution in [-0.2, 0) is 4.74 Å². The van der Waals surface area contributed by atoms with Crippen LogP contribution in [0, 0.1) is 0 Å². The molecule has 1 unspecified atom stereocenters. The molecular formula is C13H19ClN4O2. The van der Waals surface area contributed by atoms with Gasteiger partial charge in [0.15, 0.2) is 16.7 Å². The van der Waals surface area contributed by atoms with Gasteiger partial charge >= 0.3 is 5.97 Å². The predicted octanol–water partition coefficient (Wildman–Crippen LogP) is 1.49. The molecule has 1 saturated heterocycles. The molecule has 20 heavy (non-hydrogen) atoms. The second-order valence-electron chi connectivity index (χ2n) is 4.88. The Morgan fingerprint density at radius 1 is 1.65 bits per heavy atom. The zero-order chi connectivity index (χ0) is 14.7. The van der Waals surface area contributed by atoms with Gasteiger partial charge in [-0.15, -0.1) is 0 Å². The van der Waals surface area contributed by atoms with Gasteiger partial charge in [0.25, 0.3) is 0 Å². The maximum absolute atomic E-state index is 11.4. The standard InChI is InChI=1S/C13H19ClN4O2/c1-4-9-7-18(8(2)5-15-9)12-11(14)17-10(6-16-12)13(19)20-3/h6,8-9,15H,4-5,7H2,1-3H3/t8-,9?/m1/s1. The van der Waals surface area contributed by atoms with Crippen molar-refractivity contribution in [2.45, 2.75) is 32.4 Å². The van der Waals surface area contributed by atoms with Crippen molar-refractivity contribution in [2.24, 2.45) is 0 Å². The predicted molar refractivity (Wildman–Crippen MR) is 77.3 cm³/mol. The number of piperazine rings is 1. The van der Waals surface area contributed by atoms with Crippen LogP contribution in [-0.4, -0.2) is 48.2 Å². The first-order valence-corrected chi connectivity index (χ1v) is 7.05. The van der Waals surface area contributed by atoms with Crippen molar-refractivity contribution >= 4 is 23.4 Å². The molecule has 0 radical (unpaired) electrons. The Kier molecular flexibility index (Phi) is 4.77. The van der Waals surface area contributed by atoms with Crippen molar-refractivity contribution in [3.05, 3.63) is 17.0 Å². The Bertz CT molecular complexity index is 497. The molecule has 1 aliphatic heterocycles.